The molecule has 0 spiro atoms. The molecule has 0 heterocycles. The van der Waals surface area contributed by atoms with Gasteiger partial charge in [0.15, 0.2) is 0 Å². The van der Waals surface area contributed by atoms with Gasteiger partial charge in [-0.25, -0.2) is 0 Å². The molecule has 20 heavy (non-hydrogen) atoms. The highest BCUT2D eigenvalue weighted by Crippen LogP contribution is 2.30. The second kappa shape index (κ2) is 5.33. The highest BCUT2D eigenvalue weighted by Gasteiger charge is 2.34. The van der Waals surface area contributed by atoms with Crippen molar-refractivity contribution in [1.82, 2.24) is 0 Å². The lowest BCUT2D eigenvalue weighted by Crippen LogP contribution is -2.45. The number of phenolic OH excluding ortho intramolecular Hbond substituents is 2. The lowest BCUT2D eigenvalue weighted by atomic mass is 9.91. The van der Waals surface area contributed by atoms with E-state index >= 15 is 0 Å². The van der Waals surface area contributed by atoms with Gasteiger partial charge in [-0.2, -0.15) is 0 Å². The van der Waals surface area contributed by atoms with Crippen molar-refractivity contribution in [3.05, 3.63) is 48.5 Å². The van der Waals surface area contributed by atoms with E-state index in [4.69, 9.17) is 9.47 Å². The zero-order valence-corrected chi connectivity index (χ0v) is 10.9. The van der Waals surface area contributed by atoms with Gasteiger partial charge < -0.3 is 19.7 Å². The van der Waals surface area contributed by atoms with Crippen LogP contribution in [0.4, 0.5) is 0 Å². The van der Waals surface area contributed by atoms with E-state index in [1.807, 2.05) is 0 Å². The van der Waals surface area contributed by atoms with Crippen LogP contribution in [0, 0.1) is 0 Å². The Kier molecular flexibility index (Phi) is 3.37. The zero-order chi connectivity index (χ0) is 13.9. The van der Waals surface area contributed by atoms with E-state index in [9.17, 15) is 10.2 Å². The highest BCUT2D eigenvalue weighted by atomic mass is 16.5. The minimum absolute atomic E-state index is 0.0216. The van der Waals surface area contributed by atoms with Crippen molar-refractivity contribution in [2.45, 2.75) is 25.0 Å². The maximum atomic E-state index is 9.23. The quantitative estimate of drug-likeness (QED) is 0.898. The van der Waals surface area contributed by atoms with Gasteiger partial charge in [-0.1, -0.05) is 0 Å². The van der Waals surface area contributed by atoms with Crippen molar-refractivity contribution in [1.29, 1.82) is 0 Å². The second-order valence-corrected chi connectivity index (χ2v) is 4.88. The first-order chi connectivity index (χ1) is 9.70. The van der Waals surface area contributed by atoms with Crippen molar-refractivity contribution in [2.75, 3.05) is 0 Å². The number of aromatic hydroxyl groups is 2. The summed E-state index contributed by atoms with van der Waals surface area (Å²) in [5.41, 5.74) is 0. The predicted octanol–water partition coefficient (Wildman–Crippen LogP) is 3.09. The fourth-order valence-corrected chi connectivity index (χ4v) is 2.11. The first-order valence-corrected chi connectivity index (χ1v) is 6.62. The van der Waals surface area contributed by atoms with Crippen molar-refractivity contribution in [3.63, 3.8) is 0 Å². The van der Waals surface area contributed by atoms with Crippen LogP contribution in [-0.2, 0) is 0 Å². The molecule has 0 bridgehead atoms. The standard InChI is InChI=1S/C16H16O4/c17-11-1-5-13(6-2-11)19-15-9-10-16(15)20-14-7-3-12(18)4-8-14/h1-8,15-18H,9-10H2. The highest BCUT2D eigenvalue weighted by molar-refractivity contribution is 5.31. The van der Waals surface area contributed by atoms with Crippen LogP contribution in [0.2, 0.25) is 0 Å². The lowest BCUT2D eigenvalue weighted by Gasteiger charge is -2.36. The van der Waals surface area contributed by atoms with E-state index in [-0.39, 0.29) is 23.7 Å². The molecule has 1 fully saturated rings. The van der Waals surface area contributed by atoms with Crippen molar-refractivity contribution in [3.8, 4) is 23.0 Å². The van der Waals surface area contributed by atoms with Crippen LogP contribution in [0.5, 0.6) is 23.0 Å². The molecule has 2 atom stereocenters. The molecule has 2 unspecified atom stereocenters. The van der Waals surface area contributed by atoms with Crippen LogP contribution >= 0.6 is 0 Å². The molecule has 3 rings (SSSR count). The molecule has 0 aromatic heterocycles. The largest absolute Gasteiger partial charge is 0.508 e. The lowest BCUT2D eigenvalue weighted by molar-refractivity contribution is -0.0197. The summed E-state index contributed by atoms with van der Waals surface area (Å²) in [7, 11) is 0. The third-order valence-corrected chi connectivity index (χ3v) is 3.40. The number of ether oxygens (including phenoxy) is 2. The molecule has 4 nitrogen and oxygen atoms in total. The molecular formula is C16H16O4. The van der Waals surface area contributed by atoms with Gasteiger partial charge >= 0.3 is 0 Å². The monoisotopic (exact) mass is 272 g/mol. The van der Waals surface area contributed by atoms with Gasteiger partial charge in [-0.3, -0.25) is 0 Å². The normalized spacial score (nSPS) is 21.0. The molecule has 104 valence electrons. The Hall–Kier alpha value is -2.36. The Labute approximate surface area is 117 Å². The summed E-state index contributed by atoms with van der Waals surface area (Å²) in [6, 6.07) is 13.4. The molecule has 1 saturated carbocycles. The van der Waals surface area contributed by atoms with Crippen molar-refractivity contribution >= 4 is 0 Å². The first kappa shape index (κ1) is 12.7. The van der Waals surface area contributed by atoms with Crippen LogP contribution in [0.25, 0.3) is 0 Å². The summed E-state index contributed by atoms with van der Waals surface area (Å²) < 4.78 is 11.7. The van der Waals surface area contributed by atoms with Gasteiger partial charge in [0.2, 0.25) is 0 Å². The SMILES string of the molecule is Oc1ccc(OC2CCC2Oc2ccc(O)cc2)cc1. The predicted molar refractivity (Wildman–Crippen MR) is 74.3 cm³/mol. The molecule has 0 aliphatic heterocycles. The molecule has 2 N–H and O–H groups in total. The number of benzene rings is 2. The Bertz CT molecular complexity index is 509. The summed E-state index contributed by atoms with van der Waals surface area (Å²) in [4.78, 5) is 0. The van der Waals surface area contributed by atoms with Crippen molar-refractivity contribution < 1.29 is 19.7 Å². The molecule has 0 radical (unpaired) electrons. The summed E-state index contributed by atoms with van der Waals surface area (Å²) >= 11 is 0. The van der Waals surface area contributed by atoms with Crippen molar-refractivity contribution in [2.24, 2.45) is 0 Å². The van der Waals surface area contributed by atoms with Gasteiger partial charge in [0.05, 0.1) is 0 Å². The van der Waals surface area contributed by atoms with Gasteiger partial charge in [0, 0.05) is 0 Å². The summed E-state index contributed by atoms with van der Waals surface area (Å²) in [6.45, 7) is 0. The Balaban J connectivity index is 1.59. The third-order valence-electron chi connectivity index (χ3n) is 3.40. The molecule has 0 saturated heterocycles. The Morgan fingerprint density at radius 3 is 1.30 bits per heavy atom. The van der Waals surface area contributed by atoms with Crippen LogP contribution in [0.15, 0.2) is 48.5 Å². The average Bonchev–Trinajstić information content (AvgIpc) is 2.45. The van der Waals surface area contributed by atoms with E-state index in [1.54, 1.807) is 48.5 Å². The fourth-order valence-electron chi connectivity index (χ4n) is 2.11. The number of hydrogen-bond donors (Lipinski definition) is 2. The number of phenols is 2. The maximum Gasteiger partial charge on any atom is 0.136 e. The first-order valence-electron chi connectivity index (χ1n) is 6.62. The van der Waals surface area contributed by atoms with Gasteiger partial charge in [0.1, 0.15) is 35.2 Å². The summed E-state index contributed by atoms with van der Waals surface area (Å²) in [6.07, 6.45) is 1.94. The van der Waals surface area contributed by atoms with E-state index in [2.05, 4.69) is 0 Å². The van der Waals surface area contributed by atoms with E-state index in [1.165, 1.54) is 0 Å². The molecular weight excluding hydrogens is 256 g/mol. The average molecular weight is 272 g/mol. The molecule has 0 amide bonds. The molecule has 2 aromatic rings. The zero-order valence-electron chi connectivity index (χ0n) is 10.9. The van der Waals surface area contributed by atoms with Crippen LogP contribution in [0.3, 0.4) is 0 Å². The minimum Gasteiger partial charge on any atom is -0.508 e. The van der Waals surface area contributed by atoms with Gasteiger partial charge in [-0.05, 0) is 61.4 Å². The number of hydrogen-bond acceptors (Lipinski definition) is 4. The van der Waals surface area contributed by atoms with E-state index < -0.39 is 0 Å². The Morgan fingerprint density at radius 2 is 1.00 bits per heavy atom. The van der Waals surface area contributed by atoms with Crippen LogP contribution < -0.4 is 9.47 Å². The molecule has 1 aliphatic rings. The van der Waals surface area contributed by atoms with Crippen LogP contribution in [0.1, 0.15) is 12.8 Å². The molecule has 2 aromatic carbocycles. The van der Waals surface area contributed by atoms with Crippen LogP contribution in [-0.4, -0.2) is 22.4 Å². The maximum absolute atomic E-state index is 9.23. The molecule has 1 aliphatic carbocycles. The number of rotatable bonds is 4. The fraction of sp³-hybridized carbons (Fsp3) is 0.250. The smallest absolute Gasteiger partial charge is 0.136 e. The molecule has 4 heteroatoms. The van der Waals surface area contributed by atoms with Gasteiger partial charge in [-0.15, -0.1) is 0 Å². The van der Waals surface area contributed by atoms with E-state index in [0.29, 0.717) is 0 Å². The summed E-state index contributed by atoms with van der Waals surface area (Å²) in [5, 5.41) is 18.5. The van der Waals surface area contributed by atoms with E-state index in [0.717, 1.165) is 24.3 Å². The third kappa shape index (κ3) is 2.79. The topological polar surface area (TPSA) is 58.9 Å². The minimum atomic E-state index is 0.0216. The Morgan fingerprint density at radius 1 is 0.650 bits per heavy atom. The second-order valence-electron chi connectivity index (χ2n) is 4.88. The van der Waals surface area contributed by atoms with Gasteiger partial charge in [0.25, 0.3) is 0 Å². The summed E-state index contributed by atoms with van der Waals surface area (Å²) in [5.74, 6) is 1.91.